The molecule has 0 spiro atoms. The van der Waals surface area contributed by atoms with Crippen LogP contribution in [-0.2, 0) is 23.9 Å². The summed E-state index contributed by atoms with van der Waals surface area (Å²) in [4.78, 5) is 47.8. The van der Waals surface area contributed by atoms with Gasteiger partial charge in [-0.1, -0.05) is 0 Å². The second-order valence-electron chi connectivity index (χ2n) is 5.04. The molecule has 0 bridgehead atoms. The summed E-state index contributed by atoms with van der Waals surface area (Å²) in [6.07, 6.45) is 0.635. The molecule has 0 radical (unpaired) electrons. The first-order chi connectivity index (χ1) is 10.8. The van der Waals surface area contributed by atoms with Crippen LogP contribution in [0.3, 0.4) is 0 Å². The number of nitrogens with one attached hydrogen (secondary N) is 3. The van der Waals surface area contributed by atoms with Crippen molar-refractivity contribution in [3.05, 3.63) is 0 Å². The van der Waals surface area contributed by atoms with E-state index in [1.807, 2.05) is 0 Å². The molecule has 2 amide bonds. The molecule has 0 aromatic carbocycles. The minimum absolute atomic E-state index is 0.0322. The molecule has 9 heteroatoms. The van der Waals surface area contributed by atoms with Gasteiger partial charge in [0.1, 0.15) is 6.04 Å². The molecule has 0 aliphatic heterocycles. The molecule has 0 aliphatic rings. The summed E-state index contributed by atoms with van der Waals surface area (Å²) in [7, 11) is 3.44. The molecule has 0 saturated heterocycles. The van der Waals surface area contributed by atoms with E-state index in [1.54, 1.807) is 25.9 Å². The van der Waals surface area contributed by atoms with Crippen molar-refractivity contribution in [2.24, 2.45) is 0 Å². The lowest BCUT2D eigenvalue weighted by atomic mass is 10.1. The van der Waals surface area contributed by atoms with Crippen molar-refractivity contribution in [1.29, 1.82) is 5.41 Å². The highest BCUT2D eigenvalue weighted by Crippen LogP contribution is 2.01. The Hall–Kier alpha value is -2.29. The van der Waals surface area contributed by atoms with Crippen molar-refractivity contribution in [1.82, 2.24) is 15.5 Å². The molecule has 3 N–H and O–H groups in total. The van der Waals surface area contributed by atoms with Gasteiger partial charge in [0.2, 0.25) is 11.8 Å². The normalized spacial score (nSPS) is 11.5. The van der Waals surface area contributed by atoms with Crippen molar-refractivity contribution in [3.8, 4) is 0 Å². The summed E-state index contributed by atoms with van der Waals surface area (Å²) in [5.41, 5.74) is 0. The average molecular weight is 328 g/mol. The van der Waals surface area contributed by atoms with E-state index in [9.17, 15) is 19.2 Å². The van der Waals surface area contributed by atoms with E-state index in [0.29, 0.717) is 6.21 Å². The summed E-state index contributed by atoms with van der Waals surface area (Å²) < 4.78 is 4.83. The third-order valence-electron chi connectivity index (χ3n) is 2.65. The molecule has 1 atom stereocenters. The van der Waals surface area contributed by atoms with E-state index in [2.05, 4.69) is 10.6 Å². The summed E-state index contributed by atoms with van der Waals surface area (Å²) in [5, 5.41) is 11.7. The van der Waals surface area contributed by atoms with Crippen LogP contribution in [0.5, 0.6) is 0 Å². The lowest BCUT2D eigenvalue weighted by Crippen LogP contribution is -2.47. The third-order valence-corrected chi connectivity index (χ3v) is 2.65. The number of nitrogens with zero attached hydrogens (tertiary/aromatic N) is 1. The van der Waals surface area contributed by atoms with Gasteiger partial charge >= 0.3 is 5.97 Å². The van der Waals surface area contributed by atoms with Gasteiger partial charge in [0.15, 0.2) is 5.78 Å². The van der Waals surface area contributed by atoms with Crippen molar-refractivity contribution in [3.63, 3.8) is 0 Å². The number of rotatable bonds is 11. The number of ether oxygens (including phenoxy) is 1. The molecule has 130 valence electrons. The highest BCUT2D eigenvalue weighted by Gasteiger charge is 2.22. The topological polar surface area (TPSA) is 129 Å². The maximum Gasteiger partial charge on any atom is 0.328 e. The Balaban J connectivity index is 4.46. The van der Waals surface area contributed by atoms with Gasteiger partial charge in [0.05, 0.1) is 25.9 Å². The SMILES string of the molecule is CCOC(=O)C(CCC(=O)C=N)NC(=O)CNC(=O)CN(C)C. The Morgan fingerprint density at radius 1 is 1.22 bits per heavy atom. The molecule has 0 saturated carbocycles. The van der Waals surface area contributed by atoms with E-state index in [4.69, 9.17) is 10.1 Å². The van der Waals surface area contributed by atoms with Crippen LogP contribution in [0, 0.1) is 5.41 Å². The summed E-state index contributed by atoms with van der Waals surface area (Å²) in [6.45, 7) is 1.63. The Bertz CT molecular complexity index is 450. The number of esters is 1. The predicted octanol–water partition coefficient (Wildman–Crippen LogP) is -1.29. The highest BCUT2D eigenvalue weighted by atomic mass is 16.5. The standard InChI is InChI=1S/C14H24N4O5/c1-4-23-14(22)11(6-5-10(19)7-15)17-12(20)8-16-13(21)9-18(2)3/h7,11,15H,4-6,8-9H2,1-3H3,(H,16,21)(H,17,20). The number of hydrogen-bond acceptors (Lipinski definition) is 7. The largest absolute Gasteiger partial charge is 0.464 e. The molecule has 0 aromatic rings. The monoisotopic (exact) mass is 328 g/mol. The minimum atomic E-state index is -0.989. The van der Waals surface area contributed by atoms with Crippen LogP contribution in [0.1, 0.15) is 19.8 Å². The lowest BCUT2D eigenvalue weighted by Gasteiger charge is -2.17. The molecular weight excluding hydrogens is 304 g/mol. The van der Waals surface area contributed by atoms with Gasteiger partial charge in [-0.25, -0.2) is 4.79 Å². The van der Waals surface area contributed by atoms with Crippen molar-refractivity contribution < 1.29 is 23.9 Å². The number of Topliss-reactive ketones (excluding diaryl/α,β-unsaturated/α-hetero) is 1. The molecule has 23 heavy (non-hydrogen) atoms. The van der Waals surface area contributed by atoms with Crippen molar-refractivity contribution >= 4 is 29.8 Å². The fourth-order valence-electron chi connectivity index (χ4n) is 1.62. The zero-order valence-electron chi connectivity index (χ0n) is 13.7. The van der Waals surface area contributed by atoms with Crippen LogP contribution in [0.2, 0.25) is 0 Å². The fraction of sp³-hybridized carbons (Fsp3) is 0.643. The number of carbonyl (C=O) groups excluding carboxylic acids is 4. The van der Waals surface area contributed by atoms with Crippen LogP contribution in [0.4, 0.5) is 0 Å². The fourth-order valence-corrected chi connectivity index (χ4v) is 1.62. The molecule has 0 aliphatic carbocycles. The second-order valence-corrected chi connectivity index (χ2v) is 5.04. The van der Waals surface area contributed by atoms with Crippen LogP contribution >= 0.6 is 0 Å². The van der Waals surface area contributed by atoms with Crippen molar-refractivity contribution in [2.75, 3.05) is 33.8 Å². The zero-order valence-corrected chi connectivity index (χ0v) is 13.7. The predicted molar refractivity (Wildman–Crippen MR) is 83.2 cm³/mol. The van der Waals surface area contributed by atoms with Crippen LogP contribution in [-0.4, -0.2) is 74.5 Å². The lowest BCUT2D eigenvalue weighted by molar-refractivity contribution is -0.147. The van der Waals surface area contributed by atoms with E-state index >= 15 is 0 Å². The van der Waals surface area contributed by atoms with Gasteiger partial charge in [0.25, 0.3) is 0 Å². The molecular formula is C14H24N4O5. The van der Waals surface area contributed by atoms with E-state index in [1.165, 1.54) is 0 Å². The molecule has 1 unspecified atom stereocenters. The Labute approximate surface area is 135 Å². The van der Waals surface area contributed by atoms with E-state index in [-0.39, 0.29) is 38.4 Å². The average Bonchev–Trinajstić information content (AvgIpc) is 2.48. The smallest absolute Gasteiger partial charge is 0.328 e. The maximum absolute atomic E-state index is 11.8. The third kappa shape index (κ3) is 10.1. The van der Waals surface area contributed by atoms with Gasteiger partial charge in [-0.3, -0.25) is 14.4 Å². The molecule has 9 nitrogen and oxygen atoms in total. The van der Waals surface area contributed by atoms with Gasteiger partial charge in [-0.05, 0) is 27.4 Å². The summed E-state index contributed by atoms with van der Waals surface area (Å²) in [5.74, 6) is -1.99. The Morgan fingerprint density at radius 3 is 2.39 bits per heavy atom. The van der Waals surface area contributed by atoms with Crippen LogP contribution < -0.4 is 10.6 Å². The van der Waals surface area contributed by atoms with Crippen LogP contribution in [0.25, 0.3) is 0 Å². The summed E-state index contributed by atoms with van der Waals surface area (Å²) in [6, 6.07) is -0.989. The van der Waals surface area contributed by atoms with Crippen LogP contribution in [0.15, 0.2) is 0 Å². The Morgan fingerprint density at radius 2 is 1.87 bits per heavy atom. The first kappa shape index (κ1) is 20.7. The number of carbonyl (C=O) groups is 4. The molecule has 0 heterocycles. The maximum atomic E-state index is 11.8. The highest BCUT2D eigenvalue weighted by molar-refractivity contribution is 6.26. The van der Waals surface area contributed by atoms with Gasteiger partial charge < -0.3 is 25.7 Å². The van der Waals surface area contributed by atoms with Gasteiger partial charge in [-0.2, -0.15) is 0 Å². The van der Waals surface area contributed by atoms with E-state index < -0.39 is 23.7 Å². The van der Waals surface area contributed by atoms with Gasteiger partial charge in [0, 0.05) is 6.42 Å². The summed E-state index contributed by atoms with van der Waals surface area (Å²) >= 11 is 0. The quantitative estimate of drug-likeness (QED) is 0.320. The molecule has 0 fully saturated rings. The number of hydrogen-bond donors (Lipinski definition) is 3. The van der Waals surface area contributed by atoms with E-state index in [0.717, 1.165) is 0 Å². The zero-order chi connectivity index (χ0) is 17.8. The van der Waals surface area contributed by atoms with Crippen molar-refractivity contribution in [2.45, 2.75) is 25.8 Å². The first-order valence-corrected chi connectivity index (χ1v) is 7.20. The van der Waals surface area contributed by atoms with Gasteiger partial charge in [-0.15, -0.1) is 0 Å². The number of amides is 2. The molecule has 0 rings (SSSR count). The molecule has 0 aromatic heterocycles. The minimum Gasteiger partial charge on any atom is -0.464 e. The first-order valence-electron chi connectivity index (χ1n) is 7.20. The number of likely N-dealkylation sites (N-methyl/N-ethyl adjacent to an activating group) is 1. The second kappa shape index (κ2) is 11.3. The Kier molecular flexibility index (Phi) is 10.2. The number of ketones is 1.